The Labute approximate surface area is 113 Å². The van der Waals surface area contributed by atoms with Crippen molar-refractivity contribution in [3.63, 3.8) is 0 Å². The molecule has 3 rings (SSSR count). The fourth-order valence-corrected chi connectivity index (χ4v) is 2.04. The van der Waals surface area contributed by atoms with E-state index in [-0.39, 0.29) is 5.02 Å². The Balaban J connectivity index is 2.03. The predicted octanol–water partition coefficient (Wildman–Crippen LogP) is 3.50. The van der Waals surface area contributed by atoms with Crippen molar-refractivity contribution in [1.82, 2.24) is 14.5 Å². The maximum atomic E-state index is 13.1. The van der Waals surface area contributed by atoms with E-state index in [2.05, 4.69) is 15.3 Å². The number of aromatic nitrogens is 3. The van der Waals surface area contributed by atoms with Crippen molar-refractivity contribution in [3.05, 3.63) is 47.6 Å². The molecule has 2 aromatic heterocycles. The average Bonchev–Trinajstić information content (AvgIpc) is 2.77. The second-order valence-corrected chi connectivity index (χ2v) is 4.54. The van der Waals surface area contributed by atoms with Gasteiger partial charge in [-0.2, -0.15) is 0 Å². The zero-order valence-electron chi connectivity index (χ0n) is 10.1. The summed E-state index contributed by atoms with van der Waals surface area (Å²) >= 11 is 5.75. The molecule has 6 heteroatoms. The molecule has 0 aliphatic carbocycles. The smallest absolute Gasteiger partial charge is 0.158 e. The minimum absolute atomic E-state index is 0.0678. The summed E-state index contributed by atoms with van der Waals surface area (Å²) in [6.45, 7) is 0. The average molecular weight is 277 g/mol. The molecule has 0 radical (unpaired) electrons. The molecule has 0 saturated carbocycles. The summed E-state index contributed by atoms with van der Waals surface area (Å²) in [6.07, 6.45) is 3.41. The van der Waals surface area contributed by atoms with Crippen molar-refractivity contribution in [3.8, 4) is 0 Å². The largest absolute Gasteiger partial charge is 0.338 e. The summed E-state index contributed by atoms with van der Waals surface area (Å²) in [6, 6.07) is 6.30. The molecular formula is C13H10ClFN4. The molecule has 0 aliphatic rings. The van der Waals surface area contributed by atoms with Crippen LogP contribution >= 0.6 is 11.6 Å². The van der Waals surface area contributed by atoms with E-state index >= 15 is 0 Å². The number of nitrogens with zero attached hydrogens (tertiary/aromatic N) is 3. The third-order valence-corrected chi connectivity index (χ3v) is 3.11. The second kappa shape index (κ2) is 4.51. The number of imidazole rings is 1. The van der Waals surface area contributed by atoms with Crippen molar-refractivity contribution in [1.29, 1.82) is 0 Å². The number of pyridine rings is 1. The Morgan fingerprint density at radius 2 is 2.11 bits per heavy atom. The Morgan fingerprint density at radius 3 is 2.89 bits per heavy atom. The quantitative estimate of drug-likeness (QED) is 0.779. The standard InChI is InChI=1S/C13H10ClFN4/c1-19-7-17-12-11(19)4-5-16-13(12)18-8-2-3-10(15)9(14)6-8/h2-7H,1H3,(H,16,18). The SMILES string of the molecule is Cn1cnc2c(Nc3ccc(F)c(Cl)c3)nccc21. The van der Waals surface area contributed by atoms with Crippen LogP contribution in [0.2, 0.25) is 5.02 Å². The zero-order chi connectivity index (χ0) is 13.4. The van der Waals surface area contributed by atoms with Gasteiger partial charge in [-0.3, -0.25) is 0 Å². The number of hydrogen-bond donors (Lipinski definition) is 1. The van der Waals surface area contributed by atoms with E-state index in [0.29, 0.717) is 11.5 Å². The highest BCUT2D eigenvalue weighted by molar-refractivity contribution is 6.31. The maximum Gasteiger partial charge on any atom is 0.158 e. The topological polar surface area (TPSA) is 42.7 Å². The first kappa shape index (κ1) is 11.9. The van der Waals surface area contributed by atoms with E-state index < -0.39 is 5.82 Å². The van der Waals surface area contributed by atoms with Gasteiger partial charge < -0.3 is 9.88 Å². The van der Waals surface area contributed by atoms with Gasteiger partial charge in [0, 0.05) is 18.9 Å². The van der Waals surface area contributed by atoms with Gasteiger partial charge in [0.15, 0.2) is 5.82 Å². The molecule has 0 amide bonds. The summed E-state index contributed by atoms with van der Waals surface area (Å²) in [4.78, 5) is 8.53. The van der Waals surface area contributed by atoms with Crippen LogP contribution in [-0.2, 0) is 7.05 Å². The number of fused-ring (bicyclic) bond motifs is 1. The van der Waals surface area contributed by atoms with Crippen molar-refractivity contribution in [2.75, 3.05) is 5.32 Å². The molecule has 2 heterocycles. The van der Waals surface area contributed by atoms with Crippen molar-refractivity contribution in [2.45, 2.75) is 0 Å². The first-order valence-corrected chi connectivity index (χ1v) is 6.01. The minimum atomic E-state index is -0.448. The van der Waals surface area contributed by atoms with Crippen LogP contribution < -0.4 is 5.32 Å². The van der Waals surface area contributed by atoms with Crippen LogP contribution in [0.25, 0.3) is 11.0 Å². The molecule has 0 fully saturated rings. The second-order valence-electron chi connectivity index (χ2n) is 4.14. The number of hydrogen-bond acceptors (Lipinski definition) is 3. The van der Waals surface area contributed by atoms with Crippen molar-refractivity contribution in [2.24, 2.45) is 7.05 Å². The van der Waals surface area contributed by atoms with E-state index in [1.807, 2.05) is 17.7 Å². The van der Waals surface area contributed by atoms with Gasteiger partial charge in [-0.15, -0.1) is 0 Å². The van der Waals surface area contributed by atoms with Crippen LogP contribution in [0.5, 0.6) is 0 Å². The number of rotatable bonds is 2. The van der Waals surface area contributed by atoms with E-state index in [1.54, 1.807) is 18.6 Å². The molecule has 1 N–H and O–H groups in total. The van der Waals surface area contributed by atoms with E-state index in [1.165, 1.54) is 12.1 Å². The van der Waals surface area contributed by atoms with Crippen LogP contribution in [0.1, 0.15) is 0 Å². The van der Waals surface area contributed by atoms with Crippen molar-refractivity contribution >= 4 is 34.1 Å². The van der Waals surface area contributed by atoms with Crippen LogP contribution in [0.4, 0.5) is 15.9 Å². The van der Waals surface area contributed by atoms with Gasteiger partial charge in [-0.25, -0.2) is 14.4 Å². The predicted molar refractivity (Wildman–Crippen MR) is 73.2 cm³/mol. The fraction of sp³-hybridized carbons (Fsp3) is 0.0769. The molecule has 0 spiro atoms. The lowest BCUT2D eigenvalue weighted by atomic mass is 10.3. The Kier molecular flexibility index (Phi) is 2.83. The number of nitrogens with one attached hydrogen (secondary N) is 1. The zero-order valence-corrected chi connectivity index (χ0v) is 10.8. The molecule has 19 heavy (non-hydrogen) atoms. The fourth-order valence-electron chi connectivity index (χ4n) is 1.86. The molecule has 0 aliphatic heterocycles. The summed E-state index contributed by atoms with van der Waals surface area (Å²) in [7, 11) is 1.91. The summed E-state index contributed by atoms with van der Waals surface area (Å²) in [5.74, 6) is 0.164. The number of anilines is 2. The first-order chi connectivity index (χ1) is 9.15. The molecule has 0 bridgehead atoms. The summed E-state index contributed by atoms with van der Waals surface area (Å²) < 4.78 is 15.0. The molecular weight excluding hydrogens is 267 g/mol. The Morgan fingerprint density at radius 1 is 1.26 bits per heavy atom. The molecule has 0 atom stereocenters. The van der Waals surface area contributed by atoms with E-state index in [0.717, 1.165) is 11.0 Å². The van der Waals surface area contributed by atoms with Gasteiger partial charge >= 0.3 is 0 Å². The number of aryl methyl sites for hydroxylation is 1. The molecule has 4 nitrogen and oxygen atoms in total. The van der Waals surface area contributed by atoms with Gasteiger partial charge in [0.2, 0.25) is 0 Å². The van der Waals surface area contributed by atoms with Crippen LogP contribution in [0, 0.1) is 5.82 Å². The normalized spacial score (nSPS) is 10.9. The van der Waals surface area contributed by atoms with Crippen LogP contribution in [-0.4, -0.2) is 14.5 Å². The Bertz CT molecular complexity index is 753. The Hall–Kier alpha value is -2.14. The lowest BCUT2D eigenvalue weighted by Gasteiger charge is -2.07. The third kappa shape index (κ3) is 2.13. The van der Waals surface area contributed by atoms with Gasteiger partial charge in [0.1, 0.15) is 11.3 Å². The highest BCUT2D eigenvalue weighted by atomic mass is 35.5. The number of benzene rings is 1. The summed E-state index contributed by atoms with van der Waals surface area (Å²) in [5, 5.41) is 3.16. The van der Waals surface area contributed by atoms with Gasteiger partial charge in [-0.05, 0) is 24.3 Å². The first-order valence-electron chi connectivity index (χ1n) is 5.63. The molecule has 96 valence electrons. The third-order valence-electron chi connectivity index (χ3n) is 2.83. The van der Waals surface area contributed by atoms with Gasteiger partial charge in [-0.1, -0.05) is 11.6 Å². The lowest BCUT2D eigenvalue weighted by molar-refractivity contribution is 0.628. The number of halogens is 2. The van der Waals surface area contributed by atoms with Crippen molar-refractivity contribution < 1.29 is 4.39 Å². The van der Waals surface area contributed by atoms with Gasteiger partial charge in [0.05, 0.1) is 16.9 Å². The van der Waals surface area contributed by atoms with E-state index in [4.69, 9.17) is 11.6 Å². The molecule has 0 unspecified atom stereocenters. The molecule has 3 aromatic rings. The van der Waals surface area contributed by atoms with E-state index in [9.17, 15) is 4.39 Å². The van der Waals surface area contributed by atoms with Gasteiger partial charge in [0.25, 0.3) is 0 Å². The highest BCUT2D eigenvalue weighted by Crippen LogP contribution is 2.25. The van der Waals surface area contributed by atoms with Crippen LogP contribution in [0.15, 0.2) is 36.8 Å². The monoisotopic (exact) mass is 276 g/mol. The highest BCUT2D eigenvalue weighted by Gasteiger charge is 2.08. The lowest BCUT2D eigenvalue weighted by Crippen LogP contribution is -1.95. The summed E-state index contributed by atoms with van der Waals surface area (Å²) in [5.41, 5.74) is 2.38. The minimum Gasteiger partial charge on any atom is -0.338 e. The molecule has 1 aromatic carbocycles. The van der Waals surface area contributed by atoms with Crippen LogP contribution in [0.3, 0.4) is 0 Å². The molecule has 0 saturated heterocycles. The maximum absolute atomic E-state index is 13.1.